The first-order valence-electron chi connectivity index (χ1n) is 8.31. The fourth-order valence-corrected chi connectivity index (χ4v) is 4.04. The number of rotatable bonds is 8. The van der Waals surface area contributed by atoms with Crippen molar-refractivity contribution in [1.29, 1.82) is 0 Å². The van der Waals surface area contributed by atoms with E-state index < -0.39 is 10.0 Å². The van der Waals surface area contributed by atoms with Gasteiger partial charge in [0.05, 0.1) is 4.90 Å². The normalized spacial score (nSPS) is 16.8. The van der Waals surface area contributed by atoms with Crippen molar-refractivity contribution < 1.29 is 13.2 Å². The number of sulfonamides is 1. The van der Waals surface area contributed by atoms with Crippen molar-refractivity contribution >= 4 is 10.0 Å². The average molecular weight is 325 g/mol. The lowest BCUT2D eigenvalue weighted by atomic mass is 9.84. The number of ether oxygens (including phenoxy) is 1. The molecule has 124 valence electrons. The van der Waals surface area contributed by atoms with E-state index in [9.17, 15) is 8.42 Å². The molecule has 1 aliphatic rings. The molecule has 1 aromatic carbocycles. The van der Waals surface area contributed by atoms with Crippen LogP contribution in [0, 0.1) is 0 Å². The van der Waals surface area contributed by atoms with Gasteiger partial charge in [0, 0.05) is 19.8 Å². The zero-order valence-electron chi connectivity index (χ0n) is 13.4. The van der Waals surface area contributed by atoms with E-state index in [1.165, 1.54) is 37.7 Å². The Morgan fingerprint density at radius 1 is 1.14 bits per heavy atom. The highest BCUT2D eigenvalue weighted by Gasteiger charge is 2.17. The molecule has 0 amide bonds. The van der Waals surface area contributed by atoms with Gasteiger partial charge in [-0.2, -0.15) is 0 Å². The summed E-state index contributed by atoms with van der Waals surface area (Å²) in [6.07, 6.45) is 7.03. The van der Waals surface area contributed by atoms with Gasteiger partial charge < -0.3 is 4.74 Å². The Kier molecular flexibility index (Phi) is 6.86. The molecule has 0 atom stereocenters. The van der Waals surface area contributed by atoms with Crippen molar-refractivity contribution in [1.82, 2.24) is 4.72 Å². The van der Waals surface area contributed by atoms with Gasteiger partial charge in [-0.25, -0.2) is 13.1 Å². The SMILES string of the molecule is CCOCCCNS(=O)(=O)c1ccc(C2CCCCC2)cc1. The van der Waals surface area contributed by atoms with Crippen molar-refractivity contribution in [3.63, 3.8) is 0 Å². The van der Waals surface area contributed by atoms with Crippen LogP contribution >= 0.6 is 0 Å². The summed E-state index contributed by atoms with van der Waals surface area (Å²) in [6.45, 7) is 3.58. The Hall–Kier alpha value is -0.910. The minimum atomic E-state index is -3.40. The second-order valence-electron chi connectivity index (χ2n) is 5.85. The summed E-state index contributed by atoms with van der Waals surface area (Å²) in [5.74, 6) is 0.602. The van der Waals surface area contributed by atoms with E-state index in [1.807, 2.05) is 19.1 Å². The summed E-state index contributed by atoms with van der Waals surface area (Å²) in [6, 6.07) is 7.42. The van der Waals surface area contributed by atoms with Gasteiger partial charge in [-0.3, -0.25) is 0 Å². The van der Waals surface area contributed by atoms with Gasteiger partial charge >= 0.3 is 0 Å². The lowest BCUT2D eigenvalue weighted by molar-refractivity contribution is 0.146. The summed E-state index contributed by atoms with van der Waals surface area (Å²) in [7, 11) is -3.40. The van der Waals surface area contributed by atoms with Crippen LogP contribution in [0.4, 0.5) is 0 Å². The Morgan fingerprint density at radius 3 is 2.45 bits per heavy atom. The topological polar surface area (TPSA) is 55.4 Å². The Balaban J connectivity index is 1.90. The van der Waals surface area contributed by atoms with E-state index in [2.05, 4.69) is 4.72 Å². The Bertz CT molecular complexity index is 534. The Morgan fingerprint density at radius 2 is 1.82 bits per heavy atom. The molecule has 1 aromatic rings. The molecule has 2 rings (SSSR count). The number of benzene rings is 1. The molecule has 1 fully saturated rings. The Labute approximate surface area is 134 Å². The van der Waals surface area contributed by atoms with Crippen LogP contribution in [0.15, 0.2) is 29.2 Å². The summed E-state index contributed by atoms with van der Waals surface area (Å²) in [5.41, 5.74) is 1.27. The smallest absolute Gasteiger partial charge is 0.240 e. The zero-order chi connectivity index (χ0) is 15.8. The predicted molar refractivity (Wildman–Crippen MR) is 88.6 cm³/mol. The minimum Gasteiger partial charge on any atom is -0.382 e. The fraction of sp³-hybridized carbons (Fsp3) is 0.647. The van der Waals surface area contributed by atoms with Gasteiger partial charge in [0.2, 0.25) is 10.0 Å². The van der Waals surface area contributed by atoms with Gasteiger partial charge in [0.25, 0.3) is 0 Å². The van der Waals surface area contributed by atoms with E-state index in [0.29, 0.717) is 37.0 Å². The summed E-state index contributed by atoms with van der Waals surface area (Å²) < 4.78 is 32.2. The molecular weight excluding hydrogens is 298 g/mol. The summed E-state index contributed by atoms with van der Waals surface area (Å²) in [4.78, 5) is 0.350. The van der Waals surface area contributed by atoms with Crippen LogP contribution in [0.25, 0.3) is 0 Å². The molecule has 0 bridgehead atoms. The highest BCUT2D eigenvalue weighted by atomic mass is 32.2. The van der Waals surface area contributed by atoms with Crippen LogP contribution in [0.2, 0.25) is 0 Å². The van der Waals surface area contributed by atoms with Crippen LogP contribution in [0.3, 0.4) is 0 Å². The molecule has 22 heavy (non-hydrogen) atoms. The molecule has 1 saturated carbocycles. The van der Waals surface area contributed by atoms with Crippen LogP contribution in [-0.4, -0.2) is 28.2 Å². The van der Waals surface area contributed by atoms with Gasteiger partial charge in [0.15, 0.2) is 0 Å². The van der Waals surface area contributed by atoms with Gasteiger partial charge in [-0.15, -0.1) is 0 Å². The van der Waals surface area contributed by atoms with Crippen LogP contribution < -0.4 is 4.72 Å². The van der Waals surface area contributed by atoms with Gasteiger partial charge in [-0.05, 0) is 49.8 Å². The molecule has 1 aliphatic carbocycles. The van der Waals surface area contributed by atoms with Crippen LogP contribution in [-0.2, 0) is 14.8 Å². The molecular formula is C17H27NO3S. The molecule has 0 aliphatic heterocycles. The number of hydrogen-bond acceptors (Lipinski definition) is 3. The molecule has 0 radical (unpaired) electrons. The summed E-state index contributed by atoms with van der Waals surface area (Å²) >= 11 is 0. The maximum absolute atomic E-state index is 12.2. The third-order valence-corrected chi connectivity index (χ3v) is 5.71. The highest BCUT2D eigenvalue weighted by Crippen LogP contribution is 2.32. The fourth-order valence-electron chi connectivity index (χ4n) is 2.96. The number of nitrogens with one attached hydrogen (secondary N) is 1. The maximum atomic E-state index is 12.2. The first-order valence-corrected chi connectivity index (χ1v) is 9.79. The molecule has 0 aromatic heterocycles. The third kappa shape index (κ3) is 5.07. The third-order valence-electron chi connectivity index (χ3n) is 4.23. The van der Waals surface area contributed by atoms with Crippen molar-refractivity contribution in [2.24, 2.45) is 0 Å². The largest absolute Gasteiger partial charge is 0.382 e. The van der Waals surface area contributed by atoms with Crippen LogP contribution in [0.1, 0.15) is 56.9 Å². The van der Waals surface area contributed by atoms with E-state index >= 15 is 0 Å². The van der Waals surface area contributed by atoms with Crippen molar-refractivity contribution in [2.75, 3.05) is 19.8 Å². The highest BCUT2D eigenvalue weighted by molar-refractivity contribution is 7.89. The van der Waals surface area contributed by atoms with Gasteiger partial charge in [0.1, 0.15) is 0 Å². The van der Waals surface area contributed by atoms with E-state index in [-0.39, 0.29) is 0 Å². The van der Waals surface area contributed by atoms with Crippen molar-refractivity contribution in [3.8, 4) is 0 Å². The zero-order valence-corrected chi connectivity index (χ0v) is 14.2. The van der Waals surface area contributed by atoms with Crippen molar-refractivity contribution in [2.45, 2.75) is 56.3 Å². The minimum absolute atomic E-state index is 0.350. The molecule has 0 spiro atoms. The molecule has 0 saturated heterocycles. The first kappa shape index (κ1) is 17.4. The maximum Gasteiger partial charge on any atom is 0.240 e. The quantitative estimate of drug-likeness (QED) is 0.745. The first-order chi connectivity index (χ1) is 10.6. The molecule has 0 unspecified atom stereocenters. The van der Waals surface area contributed by atoms with Crippen LogP contribution in [0.5, 0.6) is 0 Å². The lowest BCUT2D eigenvalue weighted by Gasteiger charge is -2.22. The van der Waals surface area contributed by atoms with E-state index in [1.54, 1.807) is 12.1 Å². The average Bonchev–Trinajstić information content (AvgIpc) is 2.55. The van der Waals surface area contributed by atoms with Gasteiger partial charge in [-0.1, -0.05) is 31.4 Å². The number of hydrogen-bond donors (Lipinski definition) is 1. The molecule has 0 heterocycles. The monoisotopic (exact) mass is 325 g/mol. The summed E-state index contributed by atoms with van der Waals surface area (Å²) in [5, 5.41) is 0. The molecule has 4 nitrogen and oxygen atoms in total. The second kappa shape index (κ2) is 8.65. The predicted octanol–water partition coefficient (Wildman–Crippen LogP) is 3.44. The lowest BCUT2D eigenvalue weighted by Crippen LogP contribution is -2.25. The van der Waals surface area contributed by atoms with E-state index in [4.69, 9.17) is 4.74 Å². The second-order valence-corrected chi connectivity index (χ2v) is 7.62. The van der Waals surface area contributed by atoms with E-state index in [0.717, 1.165) is 0 Å². The van der Waals surface area contributed by atoms with Crippen molar-refractivity contribution in [3.05, 3.63) is 29.8 Å². The molecule has 1 N–H and O–H groups in total. The standard InChI is InChI=1S/C17H27NO3S/c1-2-21-14-6-13-18-22(19,20)17-11-9-16(10-12-17)15-7-4-3-5-8-15/h9-12,15,18H,2-8,13-14H2,1H3. The molecule has 5 heteroatoms.